The average molecular weight is 318 g/mol. The molecule has 0 saturated carbocycles. The Bertz CT molecular complexity index is 633. The number of aromatic nitrogens is 4. The molecular weight excluding hydrogens is 292 g/mol. The van der Waals surface area contributed by atoms with E-state index in [2.05, 4.69) is 27.3 Å². The van der Waals surface area contributed by atoms with Crippen LogP contribution in [0, 0.1) is 5.92 Å². The summed E-state index contributed by atoms with van der Waals surface area (Å²) in [6.07, 6.45) is 8.54. The molecule has 0 amide bonds. The first-order valence-corrected chi connectivity index (χ1v) is 8.61. The predicted octanol–water partition coefficient (Wildman–Crippen LogP) is 1.82. The van der Waals surface area contributed by atoms with Crippen molar-refractivity contribution in [3.8, 4) is 6.01 Å². The third-order valence-electron chi connectivity index (χ3n) is 4.36. The first-order chi connectivity index (χ1) is 11.3. The largest absolute Gasteiger partial charge is 0.462 e. The molecule has 23 heavy (non-hydrogen) atoms. The number of hydrogen-bond acceptors (Lipinski definition) is 6. The first kappa shape index (κ1) is 16.0. The molecule has 0 aliphatic carbocycles. The van der Waals surface area contributed by atoms with Gasteiger partial charge in [0.25, 0.3) is 0 Å². The van der Waals surface area contributed by atoms with Gasteiger partial charge in [0.2, 0.25) is 0 Å². The molecule has 7 heteroatoms. The summed E-state index contributed by atoms with van der Waals surface area (Å²) >= 11 is 0. The molecule has 1 aliphatic rings. The van der Waals surface area contributed by atoms with Gasteiger partial charge in [0, 0.05) is 0 Å². The molecule has 1 fully saturated rings. The van der Waals surface area contributed by atoms with Gasteiger partial charge in [-0.1, -0.05) is 13.3 Å². The number of nitrogen functional groups attached to an aromatic ring is 1. The van der Waals surface area contributed by atoms with Gasteiger partial charge in [0.05, 0.1) is 18.5 Å². The number of fused-ring (bicyclic) bond motifs is 1. The fourth-order valence-electron chi connectivity index (χ4n) is 3.03. The second kappa shape index (κ2) is 7.59. The Morgan fingerprint density at radius 1 is 1.39 bits per heavy atom. The number of imidazole rings is 1. The van der Waals surface area contributed by atoms with E-state index in [1.807, 2.05) is 10.7 Å². The second-order valence-electron chi connectivity index (χ2n) is 6.22. The van der Waals surface area contributed by atoms with Crippen LogP contribution in [0.25, 0.3) is 5.65 Å². The highest BCUT2D eigenvalue weighted by molar-refractivity contribution is 5.59. The zero-order valence-corrected chi connectivity index (χ0v) is 13.8. The van der Waals surface area contributed by atoms with Crippen LogP contribution < -0.4 is 15.8 Å². The molecule has 1 saturated heterocycles. The monoisotopic (exact) mass is 318 g/mol. The van der Waals surface area contributed by atoms with E-state index in [4.69, 9.17) is 10.5 Å². The van der Waals surface area contributed by atoms with Gasteiger partial charge in [-0.2, -0.15) is 4.98 Å². The number of rotatable bonds is 6. The summed E-state index contributed by atoms with van der Waals surface area (Å²) in [6, 6.07) is 0.338. The Hall–Kier alpha value is -1.89. The molecule has 3 rings (SSSR count). The van der Waals surface area contributed by atoms with Crippen molar-refractivity contribution in [3.63, 3.8) is 0 Å². The molecule has 3 heterocycles. The molecule has 3 N–H and O–H groups in total. The minimum atomic E-state index is 0.338. The van der Waals surface area contributed by atoms with Crippen LogP contribution in [0.2, 0.25) is 0 Å². The quantitative estimate of drug-likeness (QED) is 0.790. The van der Waals surface area contributed by atoms with Gasteiger partial charge in [-0.15, -0.1) is 5.10 Å². The molecule has 0 spiro atoms. The Balaban J connectivity index is 1.79. The van der Waals surface area contributed by atoms with E-state index in [0.29, 0.717) is 30.0 Å². The Labute approximate surface area is 136 Å². The molecule has 0 bridgehead atoms. The summed E-state index contributed by atoms with van der Waals surface area (Å²) in [5.74, 6) is 1.03. The van der Waals surface area contributed by atoms with Gasteiger partial charge in [0.1, 0.15) is 0 Å². The number of ether oxygens (including phenoxy) is 1. The van der Waals surface area contributed by atoms with Gasteiger partial charge in [0.15, 0.2) is 11.5 Å². The highest BCUT2D eigenvalue weighted by atomic mass is 16.5. The lowest BCUT2D eigenvalue weighted by Gasteiger charge is -2.13. The lowest BCUT2D eigenvalue weighted by Crippen LogP contribution is -2.15. The van der Waals surface area contributed by atoms with Crippen molar-refractivity contribution in [3.05, 3.63) is 11.9 Å². The summed E-state index contributed by atoms with van der Waals surface area (Å²) in [6.45, 7) is 4.94. The normalized spacial score (nSPS) is 18.9. The smallest absolute Gasteiger partial charge is 0.336 e. The van der Waals surface area contributed by atoms with Gasteiger partial charge in [-0.3, -0.25) is 0 Å². The van der Waals surface area contributed by atoms with Crippen molar-refractivity contribution in [1.82, 2.24) is 24.9 Å². The molecule has 7 nitrogen and oxygen atoms in total. The maximum absolute atomic E-state index is 6.01. The zero-order chi connectivity index (χ0) is 16.1. The first-order valence-electron chi connectivity index (χ1n) is 8.61. The Kier molecular flexibility index (Phi) is 5.27. The number of anilines is 1. The van der Waals surface area contributed by atoms with Crippen molar-refractivity contribution < 1.29 is 4.74 Å². The summed E-state index contributed by atoms with van der Waals surface area (Å²) in [7, 11) is 0. The summed E-state index contributed by atoms with van der Waals surface area (Å²) in [5, 5.41) is 7.93. The third-order valence-corrected chi connectivity index (χ3v) is 4.36. The van der Waals surface area contributed by atoms with E-state index in [1.54, 1.807) is 0 Å². The topological polar surface area (TPSA) is 90.4 Å². The van der Waals surface area contributed by atoms with Crippen LogP contribution in [0.15, 0.2) is 6.20 Å². The second-order valence-corrected chi connectivity index (χ2v) is 6.22. The van der Waals surface area contributed by atoms with E-state index in [0.717, 1.165) is 38.0 Å². The van der Waals surface area contributed by atoms with Crippen molar-refractivity contribution in [2.24, 2.45) is 5.92 Å². The molecule has 1 unspecified atom stereocenters. The van der Waals surface area contributed by atoms with Crippen molar-refractivity contribution in [2.75, 3.05) is 25.4 Å². The van der Waals surface area contributed by atoms with Crippen molar-refractivity contribution in [1.29, 1.82) is 0 Å². The van der Waals surface area contributed by atoms with Crippen LogP contribution in [0.3, 0.4) is 0 Å². The van der Waals surface area contributed by atoms with Crippen LogP contribution in [0.4, 0.5) is 5.82 Å². The zero-order valence-electron chi connectivity index (χ0n) is 13.8. The van der Waals surface area contributed by atoms with E-state index < -0.39 is 0 Å². The van der Waals surface area contributed by atoms with Crippen LogP contribution in [-0.2, 0) is 6.42 Å². The van der Waals surface area contributed by atoms with Crippen LogP contribution in [0.1, 0.15) is 44.7 Å². The maximum atomic E-state index is 6.01. The molecule has 0 aromatic carbocycles. The number of unbranched alkanes of at least 4 members (excludes halogenated alkanes) is 1. The standard InChI is InChI=1S/C16H26N6O/c1-2-3-9-23-16-20-14(17)15-19-11-13(22(15)21-16)10-12-5-4-7-18-8-6-12/h11-12,18H,2-10H2,1H3,(H2,17,20,21). The lowest BCUT2D eigenvalue weighted by atomic mass is 9.95. The maximum Gasteiger partial charge on any atom is 0.336 e. The lowest BCUT2D eigenvalue weighted by molar-refractivity contribution is 0.280. The average Bonchev–Trinajstić information content (AvgIpc) is 2.77. The molecule has 1 atom stereocenters. The highest BCUT2D eigenvalue weighted by Gasteiger charge is 2.17. The van der Waals surface area contributed by atoms with Crippen LogP contribution in [-0.4, -0.2) is 39.3 Å². The fraction of sp³-hybridized carbons (Fsp3) is 0.688. The summed E-state index contributed by atoms with van der Waals surface area (Å²) in [5.41, 5.74) is 7.71. The molecule has 1 aliphatic heterocycles. The number of nitrogens with one attached hydrogen (secondary N) is 1. The number of nitrogens with two attached hydrogens (primary N) is 1. The molecule has 0 radical (unpaired) electrons. The molecule has 2 aromatic rings. The van der Waals surface area contributed by atoms with E-state index in [-0.39, 0.29) is 0 Å². The highest BCUT2D eigenvalue weighted by Crippen LogP contribution is 2.21. The van der Waals surface area contributed by atoms with E-state index in [1.165, 1.54) is 19.3 Å². The SMILES string of the molecule is CCCCOc1nc(N)c2ncc(CC3CCCNCC3)n2n1. The molecule has 126 valence electrons. The van der Waals surface area contributed by atoms with Gasteiger partial charge in [-0.25, -0.2) is 9.50 Å². The van der Waals surface area contributed by atoms with E-state index in [9.17, 15) is 0 Å². The van der Waals surface area contributed by atoms with Crippen molar-refractivity contribution >= 4 is 11.5 Å². The Morgan fingerprint density at radius 2 is 2.30 bits per heavy atom. The van der Waals surface area contributed by atoms with Crippen molar-refractivity contribution in [2.45, 2.75) is 45.4 Å². The van der Waals surface area contributed by atoms with Crippen LogP contribution >= 0.6 is 0 Å². The van der Waals surface area contributed by atoms with E-state index >= 15 is 0 Å². The number of hydrogen-bond donors (Lipinski definition) is 2. The minimum Gasteiger partial charge on any atom is -0.462 e. The van der Waals surface area contributed by atoms with Crippen LogP contribution in [0.5, 0.6) is 6.01 Å². The summed E-state index contributed by atoms with van der Waals surface area (Å²) < 4.78 is 7.42. The molecular formula is C16H26N6O. The van der Waals surface area contributed by atoms with Gasteiger partial charge in [-0.05, 0) is 51.1 Å². The minimum absolute atomic E-state index is 0.338. The van der Waals surface area contributed by atoms with Gasteiger partial charge < -0.3 is 15.8 Å². The third kappa shape index (κ3) is 3.90. The fourth-order valence-corrected chi connectivity index (χ4v) is 3.03. The predicted molar refractivity (Wildman–Crippen MR) is 89.5 cm³/mol. The summed E-state index contributed by atoms with van der Waals surface area (Å²) in [4.78, 5) is 8.59. The Morgan fingerprint density at radius 3 is 3.17 bits per heavy atom. The van der Waals surface area contributed by atoms with Gasteiger partial charge >= 0.3 is 6.01 Å². The molecule has 2 aromatic heterocycles. The number of nitrogens with zero attached hydrogens (tertiary/aromatic N) is 4.